The van der Waals surface area contributed by atoms with Crippen molar-refractivity contribution in [2.75, 3.05) is 6.54 Å². The second kappa shape index (κ2) is 7.43. The summed E-state index contributed by atoms with van der Waals surface area (Å²) in [5.41, 5.74) is 1.12. The average molecular weight is 236 g/mol. The number of hydrogen-bond acceptors (Lipinski definition) is 3. The number of aromatic nitrogens is 1. The largest absolute Gasteiger partial charge is 0.313 e. The first-order chi connectivity index (χ1) is 7.76. The summed E-state index contributed by atoms with van der Waals surface area (Å²) in [4.78, 5) is 4.50. The summed E-state index contributed by atoms with van der Waals surface area (Å²) in [6.45, 7) is 7.17. The van der Waals surface area contributed by atoms with Crippen LogP contribution in [0.4, 0.5) is 0 Å². The zero-order chi connectivity index (χ0) is 11.8. The summed E-state index contributed by atoms with van der Waals surface area (Å²) >= 11 is 1.75. The molecule has 1 N–H and O–H groups in total. The molecule has 1 aromatic heterocycles. The standard InChI is InChI=1S/C13H20N2S/c1-4-6-7-12(14-8-5-2)9-13-15-11(3)10-16-13/h10,12,14H,5,7-9H2,1-3H3. The van der Waals surface area contributed by atoms with E-state index in [0.717, 1.165) is 31.5 Å². The van der Waals surface area contributed by atoms with Crippen molar-refractivity contribution in [1.29, 1.82) is 0 Å². The van der Waals surface area contributed by atoms with Gasteiger partial charge >= 0.3 is 0 Å². The van der Waals surface area contributed by atoms with Gasteiger partial charge in [0.1, 0.15) is 0 Å². The number of thiazole rings is 1. The van der Waals surface area contributed by atoms with Gasteiger partial charge in [-0.25, -0.2) is 4.98 Å². The molecular formula is C13H20N2S. The monoisotopic (exact) mass is 236 g/mol. The predicted molar refractivity (Wildman–Crippen MR) is 70.7 cm³/mol. The first-order valence-electron chi connectivity index (χ1n) is 5.80. The minimum Gasteiger partial charge on any atom is -0.313 e. The van der Waals surface area contributed by atoms with Crippen LogP contribution in [0, 0.1) is 18.8 Å². The second-order valence-electron chi connectivity index (χ2n) is 3.87. The molecule has 0 aliphatic carbocycles. The van der Waals surface area contributed by atoms with Crippen LogP contribution in [0.1, 0.15) is 37.4 Å². The highest BCUT2D eigenvalue weighted by molar-refractivity contribution is 7.09. The Morgan fingerprint density at radius 3 is 2.94 bits per heavy atom. The normalized spacial score (nSPS) is 11.9. The fraction of sp³-hybridized carbons (Fsp3) is 0.615. The molecule has 0 aromatic carbocycles. The molecule has 0 spiro atoms. The lowest BCUT2D eigenvalue weighted by Crippen LogP contribution is -2.31. The molecule has 0 aliphatic rings. The highest BCUT2D eigenvalue weighted by atomic mass is 32.1. The Kier molecular flexibility index (Phi) is 6.14. The molecule has 0 aliphatic heterocycles. The number of nitrogens with one attached hydrogen (secondary N) is 1. The summed E-state index contributed by atoms with van der Waals surface area (Å²) in [5, 5.41) is 6.85. The molecule has 16 heavy (non-hydrogen) atoms. The van der Waals surface area contributed by atoms with E-state index in [2.05, 4.69) is 34.4 Å². The Bertz CT molecular complexity index is 359. The van der Waals surface area contributed by atoms with E-state index in [0.29, 0.717) is 6.04 Å². The molecule has 0 amide bonds. The van der Waals surface area contributed by atoms with Gasteiger partial charge in [-0.15, -0.1) is 23.2 Å². The van der Waals surface area contributed by atoms with Crippen molar-refractivity contribution in [3.05, 3.63) is 16.1 Å². The van der Waals surface area contributed by atoms with Crippen LogP contribution in [0.25, 0.3) is 0 Å². The molecule has 0 radical (unpaired) electrons. The number of aryl methyl sites for hydroxylation is 1. The minimum atomic E-state index is 0.443. The Labute approximate surface area is 102 Å². The fourth-order valence-electron chi connectivity index (χ4n) is 1.50. The molecule has 3 heteroatoms. The molecule has 0 fully saturated rings. The van der Waals surface area contributed by atoms with Crippen LogP contribution >= 0.6 is 11.3 Å². The van der Waals surface area contributed by atoms with Crippen molar-refractivity contribution >= 4 is 11.3 Å². The van der Waals surface area contributed by atoms with Gasteiger partial charge in [0.2, 0.25) is 0 Å². The molecule has 0 bridgehead atoms. The maximum atomic E-state index is 4.50. The third-order valence-corrected chi connectivity index (χ3v) is 3.28. The van der Waals surface area contributed by atoms with E-state index in [1.165, 1.54) is 5.01 Å². The van der Waals surface area contributed by atoms with Gasteiger partial charge in [0.05, 0.1) is 5.01 Å². The summed E-state index contributed by atoms with van der Waals surface area (Å²) < 4.78 is 0. The quantitative estimate of drug-likeness (QED) is 0.768. The molecule has 1 atom stereocenters. The third-order valence-electron chi connectivity index (χ3n) is 2.30. The summed E-state index contributed by atoms with van der Waals surface area (Å²) in [7, 11) is 0. The topological polar surface area (TPSA) is 24.9 Å². The maximum Gasteiger partial charge on any atom is 0.0943 e. The highest BCUT2D eigenvalue weighted by Crippen LogP contribution is 2.12. The summed E-state index contributed by atoms with van der Waals surface area (Å²) in [6, 6.07) is 0.443. The van der Waals surface area contributed by atoms with E-state index in [9.17, 15) is 0 Å². The van der Waals surface area contributed by atoms with Crippen molar-refractivity contribution in [1.82, 2.24) is 10.3 Å². The Balaban J connectivity index is 2.50. The van der Waals surface area contributed by atoms with Crippen LogP contribution in [-0.2, 0) is 6.42 Å². The lowest BCUT2D eigenvalue weighted by molar-refractivity contribution is 0.516. The first-order valence-corrected chi connectivity index (χ1v) is 6.68. The zero-order valence-electron chi connectivity index (χ0n) is 10.3. The van der Waals surface area contributed by atoms with E-state index in [1.54, 1.807) is 11.3 Å². The highest BCUT2D eigenvalue weighted by Gasteiger charge is 2.09. The lowest BCUT2D eigenvalue weighted by Gasteiger charge is -2.14. The molecule has 2 nitrogen and oxygen atoms in total. The van der Waals surface area contributed by atoms with Crippen molar-refractivity contribution in [3.8, 4) is 11.8 Å². The Morgan fingerprint density at radius 1 is 1.56 bits per heavy atom. The van der Waals surface area contributed by atoms with E-state index < -0.39 is 0 Å². The van der Waals surface area contributed by atoms with Gasteiger partial charge < -0.3 is 5.32 Å². The van der Waals surface area contributed by atoms with Gasteiger partial charge in [0.15, 0.2) is 0 Å². The van der Waals surface area contributed by atoms with Crippen molar-refractivity contribution < 1.29 is 0 Å². The lowest BCUT2D eigenvalue weighted by atomic mass is 10.1. The average Bonchev–Trinajstić information content (AvgIpc) is 2.68. The molecule has 1 rings (SSSR count). The van der Waals surface area contributed by atoms with Crippen LogP contribution in [0.3, 0.4) is 0 Å². The maximum absolute atomic E-state index is 4.50. The third kappa shape index (κ3) is 4.78. The van der Waals surface area contributed by atoms with Crippen molar-refractivity contribution in [2.45, 2.75) is 46.1 Å². The van der Waals surface area contributed by atoms with Gasteiger partial charge in [0.25, 0.3) is 0 Å². The van der Waals surface area contributed by atoms with E-state index in [4.69, 9.17) is 0 Å². The Hall–Kier alpha value is -0.850. The van der Waals surface area contributed by atoms with Gasteiger partial charge in [-0.3, -0.25) is 0 Å². The van der Waals surface area contributed by atoms with Gasteiger partial charge in [-0.1, -0.05) is 6.92 Å². The molecular weight excluding hydrogens is 216 g/mol. The summed E-state index contributed by atoms with van der Waals surface area (Å²) in [5.74, 6) is 6.11. The van der Waals surface area contributed by atoms with Crippen molar-refractivity contribution in [2.24, 2.45) is 0 Å². The SMILES string of the molecule is CC#CCC(Cc1nc(C)cs1)NCCC. The van der Waals surface area contributed by atoms with Gasteiger partial charge in [-0.05, 0) is 26.8 Å². The van der Waals surface area contributed by atoms with Gasteiger partial charge in [0, 0.05) is 30.0 Å². The second-order valence-corrected chi connectivity index (χ2v) is 4.81. The van der Waals surface area contributed by atoms with Gasteiger partial charge in [-0.2, -0.15) is 0 Å². The van der Waals surface area contributed by atoms with E-state index >= 15 is 0 Å². The molecule has 0 saturated carbocycles. The number of hydrogen-bond donors (Lipinski definition) is 1. The smallest absolute Gasteiger partial charge is 0.0943 e. The van der Waals surface area contributed by atoms with E-state index in [1.807, 2.05) is 13.8 Å². The van der Waals surface area contributed by atoms with Crippen LogP contribution < -0.4 is 5.32 Å². The van der Waals surface area contributed by atoms with Crippen LogP contribution in [0.2, 0.25) is 0 Å². The molecule has 1 unspecified atom stereocenters. The minimum absolute atomic E-state index is 0.443. The van der Waals surface area contributed by atoms with Crippen molar-refractivity contribution in [3.63, 3.8) is 0 Å². The van der Waals surface area contributed by atoms with Crippen LogP contribution in [0.5, 0.6) is 0 Å². The molecule has 88 valence electrons. The zero-order valence-corrected chi connectivity index (χ0v) is 11.2. The van der Waals surface area contributed by atoms with Crippen LogP contribution in [-0.4, -0.2) is 17.6 Å². The molecule has 1 aromatic rings. The summed E-state index contributed by atoms with van der Waals surface area (Å²) in [6.07, 6.45) is 3.06. The molecule has 1 heterocycles. The molecule has 0 saturated heterocycles. The first kappa shape index (κ1) is 13.2. The van der Waals surface area contributed by atoms with Crippen LogP contribution in [0.15, 0.2) is 5.38 Å². The predicted octanol–water partition coefficient (Wildman–Crippen LogP) is 2.78. The Morgan fingerprint density at radius 2 is 2.38 bits per heavy atom. The number of nitrogens with zero attached hydrogens (tertiary/aromatic N) is 1. The number of rotatable bonds is 6. The fourth-order valence-corrected chi connectivity index (χ4v) is 2.35. The van der Waals surface area contributed by atoms with E-state index in [-0.39, 0.29) is 0 Å².